The molecule has 1 aromatic carbocycles. The minimum Gasteiger partial charge on any atom is -0.487 e. The van der Waals surface area contributed by atoms with Crippen molar-refractivity contribution >= 4 is 0 Å². The first-order valence-corrected chi connectivity index (χ1v) is 6.96. The molecule has 4 fully saturated rings. The Bertz CT molecular complexity index is 374. The summed E-state index contributed by atoms with van der Waals surface area (Å²) in [5.74, 6) is 3.88. The maximum Gasteiger partial charge on any atom is 0.120 e. The van der Waals surface area contributed by atoms with Crippen molar-refractivity contribution in [2.75, 3.05) is 0 Å². The first-order valence-electron chi connectivity index (χ1n) is 6.96. The van der Waals surface area contributed by atoms with Crippen LogP contribution in [0.4, 0.5) is 0 Å². The van der Waals surface area contributed by atoms with Crippen LogP contribution < -0.4 is 4.74 Å². The lowest BCUT2D eigenvalue weighted by Gasteiger charge is -2.56. The molecule has 17 heavy (non-hydrogen) atoms. The van der Waals surface area contributed by atoms with E-state index in [1.165, 1.54) is 38.5 Å². The zero-order valence-corrected chi connectivity index (χ0v) is 10.2. The van der Waals surface area contributed by atoms with E-state index in [1.54, 1.807) is 0 Å². The molecule has 0 unspecified atom stereocenters. The van der Waals surface area contributed by atoms with E-state index in [2.05, 4.69) is 12.1 Å². The van der Waals surface area contributed by atoms with Gasteiger partial charge in [0.05, 0.1) is 0 Å². The Morgan fingerprint density at radius 1 is 1.06 bits per heavy atom. The SMILES string of the molecule is [c]1cccc(OC23CC4CC(CC(C4)C2)C3)c1. The molecule has 1 radical (unpaired) electrons. The van der Waals surface area contributed by atoms with Gasteiger partial charge in [0.15, 0.2) is 0 Å². The van der Waals surface area contributed by atoms with Gasteiger partial charge in [-0.25, -0.2) is 0 Å². The molecule has 0 heterocycles. The normalized spacial score (nSPS) is 42.7. The molecule has 5 rings (SSSR count). The molecular formula is C16H19O. The molecule has 1 nitrogen and oxygen atoms in total. The lowest BCUT2D eigenvalue weighted by molar-refractivity contribution is -0.107. The highest BCUT2D eigenvalue weighted by Crippen LogP contribution is 2.56. The second kappa shape index (κ2) is 3.51. The molecule has 4 saturated carbocycles. The van der Waals surface area contributed by atoms with E-state index in [0.717, 1.165) is 23.5 Å². The molecule has 1 aromatic rings. The van der Waals surface area contributed by atoms with E-state index in [9.17, 15) is 0 Å². The third kappa shape index (κ3) is 1.67. The molecular weight excluding hydrogens is 208 g/mol. The van der Waals surface area contributed by atoms with Gasteiger partial charge in [0, 0.05) is 0 Å². The molecule has 0 aliphatic heterocycles. The fourth-order valence-electron chi connectivity index (χ4n) is 4.85. The van der Waals surface area contributed by atoms with Crippen LogP contribution in [0.25, 0.3) is 0 Å². The fourth-order valence-corrected chi connectivity index (χ4v) is 4.85. The van der Waals surface area contributed by atoms with Crippen LogP contribution >= 0.6 is 0 Å². The van der Waals surface area contributed by atoms with Gasteiger partial charge in [0.2, 0.25) is 0 Å². The largest absolute Gasteiger partial charge is 0.487 e. The standard InChI is InChI=1S/C16H19O/c1-2-4-15(5-3-1)17-16-9-12-6-13(10-16)8-14(7-12)11-16/h1-2,4-5,12-14H,6-11H2. The van der Waals surface area contributed by atoms with Crippen LogP contribution in [0.5, 0.6) is 5.75 Å². The number of hydrogen-bond donors (Lipinski definition) is 0. The van der Waals surface area contributed by atoms with Crippen molar-refractivity contribution in [1.82, 2.24) is 0 Å². The summed E-state index contributed by atoms with van der Waals surface area (Å²) in [6, 6.07) is 11.1. The average Bonchev–Trinajstić information content (AvgIpc) is 2.27. The van der Waals surface area contributed by atoms with Gasteiger partial charge in [-0.15, -0.1) is 0 Å². The Balaban J connectivity index is 1.61. The Morgan fingerprint density at radius 2 is 1.71 bits per heavy atom. The molecule has 4 aliphatic rings. The van der Waals surface area contributed by atoms with Gasteiger partial charge in [0.25, 0.3) is 0 Å². The van der Waals surface area contributed by atoms with Crippen molar-refractivity contribution in [3.05, 3.63) is 30.3 Å². The van der Waals surface area contributed by atoms with E-state index >= 15 is 0 Å². The molecule has 4 bridgehead atoms. The molecule has 0 N–H and O–H groups in total. The third-order valence-corrected chi connectivity index (χ3v) is 4.99. The average molecular weight is 227 g/mol. The predicted octanol–water partition coefficient (Wildman–Crippen LogP) is 3.83. The Morgan fingerprint density at radius 3 is 2.24 bits per heavy atom. The van der Waals surface area contributed by atoms with Gasteiger partial charge in [-0.2, -0.15) is 0 Å². The van der Waals surface area contributed by atoms with Gasteiger partial charge >= 0.3 is 0 Å². The zero-order chi connectivity index (χ0) is 11.3. The van der Waals surface area contributed by atoms with Gasteiger partial charge in [-0.1, -0.05) is 12.1 Å². The van der Waals surface area contributed by atoms with E-state index in [1.807, 2.05) is 18.2 Å². The summed E-state index contributed by atoms with van der Waals surface area (Å²) in [4.78, 5) is 0. The maximum atomic E-state index is 6.38. The number of rotatable bonds is 2. The van der Waals surface area contributed by atoms with Crippen LogP contribution in [-0.4, -0.2) is 5.60 Å². The van der Waals surface area contributed by atoms with Gasteiger partial charge in [-0.3, -0.25) is 0 Å². The summed E-state index contributed by atoms with van der Waals surface area (Å²) < 4.78 is 6.38. The van der Waals surface area contributed by atoms with Gasteiger partial charge in [0.1, 0.15) is 11.4 Å². The zero-order valence-electron chi connectivity index (χ0n) is 10.2. The summed E-state index contributed by atoms with van der Waals surface area (Å²) in [5, 5.41) is 0. The number of benzene rings is 1. The first kappa shape index (κ1) is 9.99. The van der Waals surface area contributed by atoms with Crippen LogP contribution in [0.15, 0.2) is 24.3 Å². The minimum absolute atomic E-state index is 0.184. The number of hydrogen-bond acceptors (Lipinski definition) is 1. The van der Waals surface area contributed by atoms with E-state index in [4.69, 9.17) is 4.74 Å². The van der Waals surface area contributed by atoms with Crippen LogP contribution in [0, 0.1) is 23.8 Å². The van der Waals surface area contributed by atoms with Gasteiger partial charge in [-0.05, 0) is 74.5 Å². The monoisotopic (exact) mass is 227 g/mol. The smallest absolute Gasteiger partial charge is 0.120 e. The van der Waals surface area contributed by atoms with Crippen molar-refractivity contribution in [2.45, 2.75) is 44.1 Å². The van der Waals surface area contributed by atoms with Crippen molar-refractivity contribution < 1.29 is 4.74 Å². The van der Waals surface area contributed by atoms with Crippen LogP contribution in [0.2, 0.25) is 0 Å². The van der Waals surface area contributed by atoms with Crippen molar-refractivity contribution in [3.63, 3.8) is 0 Å². The molecule has 0 spiro atoms. The number of ether oxygens (including phenoxy) is 1. The second-order valence-electron chi connectivity index (χ2n) is 6.44. The van der Waals surface area contributed by atoms with Crippen LogP contribution in [0.1, 0.15) is 38.5 Å². The maximum absolute atomic E-state index is 6.38. The first-order chi connectivity index (χ1) is 8.31. The summed E-state index contributed by atoms with van der Waals surface area (Å²) in [5.41, 5.74) is 0.184. The molecule has 0 amide bonds. The summed E-state index contributed by atoms with van der Waals surface area (Å²) in [7, 11) is 0. The Kier molecular flexibility index (Phi) is 2.06. The summed E-state index contributed by atoms with van der Waals surface area (Å²) in [6.07, 6.45) is 8.33. The van der Waals surface area contributed by atoms with E-state index in [-0.39, 0.29) is 5.60 Å². The summed E-state index contributed by atoms with van der Waals surface area (Å²) in [6.45, 7) is 0. The second-order valence-corrected chi connectivity index (χ2v) is 6.44. The Labute approximate surface area is 103 Å². The Hall–Kier alpha value is -0.980. The predicted molar refractivity (Wildman–Crippen MR) is 66.8 cm³/mol. The van der Waals surface area contributed by atoms with Crippen molar-refractivity contribution in [1.29, 1.82) is 0 Å². The van der Waals surface area contributed by atoms with Gasteiger partial charge < -0.3 is 4.74 Å². The summed E-state index contributed by atoms with van der Waals surface area (Å²) >= 11 is 0. The lowest BCUT2D eigenvalue weighted by atomic mass is 9.54. The lowest BCUT2D eigenvalue weighted by Crippen LogP contribution is -2.53. The molecule has 1 heteroatoms. The van der Waals surface area contributed by atoms with Crippen molar-refractivity contribution in [3.8, 4) is 5.75 Å². The molecule has 89 valence electrons. The quantitative estimate of drug-likeness (QED) is 0.746. The molecule has 0 aromatic heterocycles. The highest BCUT2D eigenvalue weighted by atomic mass is 16.5. The third-order valence-electron chi connectivity index (χ3n) is 4.99. The fraction of sp³-hybridized carbons (Fsp3) is 0.625. The van der Waals surface area contributed by atoms with Crippen molar-refractivity contribution in [2.24, 2.45) is 17.8 Å². The highest BCUT2D eigenvalue weighted by molar-refractivity contribution is 5.22. The topological polar surface area (TPSA) is 9.23 Å². The van der Waals surface area contributed by atoms with Crippen LogP contribution in [-0.2, 0) is 0 Å². The molecule has 0 saturated heterocycles. The molecule has 4 aliphatic carbocycles. The molecule has 0 atom stereocenters. The highest BCUT2D eigenvalue weighted by Gasteiger charge is 2.52. The van der Waals surface area contributed by atoms with Crippen LogP contribution in [0.3, 0.4) is 0 Å². The minimum atomic E-state index is 0.184. The van der Waals surface area contributed by atoms with E-state index in [0.29, 0.717) is 0 Å². The van der Waals surface area contributed by atoms with E-state index < -0.39 is 0 Å².